The van der Waals surface area contributed by atoms with E-state index >= 15 is 0 Å². The molecule has 1 aliphatic carbocycles. The van der Waals surface area contributed by atoms with Crippen molar-refractivity contribution in [2.45, 2.75) is 105 Å². The Morgan fingerprint density at radius 2 is 1.16 bits per heavy atom. The maximum Gasteiger partial charge on any atom is 0.144 e. The van der Waals surface area contributed by atoms with Crippen molar-refractivity contribution >= 4 is 46.4 Å². The van der Waals surface area contributed by atoms with Crippen LogP contribution < -0.4 is 24.7 Å². The first-order chi connectivity index (χ1) is 23.1. The van der Waals surface area contributed by atoms with E-state index in [2.05, 4.69) is 157 Å². The molecule has 3 aliphatic heterocycles. The molecule has 9 rings (SSSR count). The smallest absolute Gasteiger partial charge is 0.144 e. The van der Waals surface area contributed by atoms with Crippen LogP contribution >= 0.6 is 10.9 Å². The second kappa shape index (κ2) is 10.1. The van der Waals surface area contributed by atoms with Crippen molar-refractivity contribution in [1.82, 2.24) is 0 Å². The summed E-state index contributed by atoms with van der Waals surface area (Å²) in [6.07, 6.45) is 2.36. The third-order valence-corrected chi connectivity index (χ3v) is 17.9. The third kappa shape index (κ3) is 4.47. The van der Waals surface area contributed by atoms with E-state index in [0.717, 1.165) is 28.7 Å². The number of benzene rings is 5. The van der Waals surface area contributed by atoms with Gasteiger partial charge < -0.3 is 14.4 Å². The molecule has 5 aromatic carbocycles. The number of fused-ring (bicyclic) bond motifs is 7. The summed E-state index contributed by atoms with van der Waals surface area (Å²) in [7, 11) is -2.78. The first-order valence-electron chi connectivity index (χ1n) is 17.8. The number of hydrogen-bond donors (Lipinski definition) is 1. The second-order valence-corrected chi connectivity index (χ2v) is 23.8. The topological polar surface area (TPSA) is 21.7 Å². The summed E-state index contributed by atoms with van der Waals surface area (Å²) < 4.78 is 14.0. The van der Waals surface area contributed by atoms with Gasteiger partial charge >= 0.3 is 0 Å². The quantitative estimate of drug-likeness (QED) is 0.138. The summed E-state index contributed by atoms with van der Waals surface area (Å²) in [4.78, 5) is 6.26. The zero-order valence-corrected chi connectivity index (χ0v) is 32.2. The summed E-state index contributed by atoms with van der Waals surface area (Å²) in [5, 5.41) is 2.94. The normalized spacial score (nSPS) is 20.7. The van der Waals surface area contributed by atoms with Gasteiger partial charge in [-0.05, 0) is 105 Å². The largest absolute Gasteiger partial charge is 0.455 e. The Morgan fingerprint density at radius 3 is 1.73 bits per heavy atom. The molecule has 1 atom stereocenters. The van der Waals surface area contributed by atoms with E-state index in [1.165, 1.54) is 66.0 Å². The molecule has 5 aromatic rings. The Hall–Kier alpha value is -3.93. The van der Waals surface area contributed by atoms with Crippen molar-refractivity contribution in [3.8, 4) is 23.0 Å². The number of thiol groups is 1. The van der Waals surface area contributed by atoms with Crippen molar-refractivity contribution in [3.05, 3.63) is 108 Å². The van der Waals surface area contributed by atoms with Crippen LogP contribution in [0.4, 0.5) is 17.1 Å². The number of hydrogen-bond acceptors (Lipinski definition) is 3. The lowest BCUT2D eigenvalue weighted by Gasteiger charge is -2.44. The SMILES string of the molecule is CC(C)(C)c1cc2c3c(c1)Oc1cc4c(cc1[SH]3c1ccc(N3c5ccccc5[Si](C)(C)c5ccccc53)cc1O2)C(C)(C)CCC4(C)C. The zero-order valence-electron chi connectivity index (χ0n) is 30.3. The average Bonchev–Trinajstić information content (AvgIpc) is 3.06. The molecule has 0 amide bonds. The molecule has 3 heterocycles. The van der Waals surface area contributed by atoms with E-state index in [1.807, 2.05) is 0 Å². The van der Waals surface area contributed by atoms with Crippen molar-refractivity contribution in [3.63, 3.8) is 0 Å². The molecular weight excluding hydrogens is 635 g/mol. The van der Waals surface area contributed by atoms with Crippen molar-refractivity contribution in [2.75, 3.05) is 4.90 Å². The molecule has 0 saturated carbocycles. The van der Waals surface area contributed by atoms with E-state index < -0.39 is 19.0 Å². The van der Waals surface area contributed by atoms with Gasteiger partial charge in [-0.2, -0.15) is 10.9 Å². The summed E-state index contributed by atoms with van der Waals surface area (Å²) in [6.45, 7) is 21.4. The molecule has 0 N–H and O–H groups in total. The lowest BCUT2D eigenvalue weighted by atomic mass is 9.63. The van der Waals surface area contributed by atoms with Gasteiger partial charge in [0.15, 0.2) is 0 Å². The second-order valence-electron chi connectivity index (χ2n) is 17.4. The number of nitrogens with zero attached hydrogens (tertiary/aromatic N) is 1. The fourth-order valence-corrected chi connectivity index (χ4v) is 14.2. The van der Waals surface area contributed by atoms with Gasteiger partial charge in [-0.25, -0.2) is 0 Å². The number of ether oxygens (including phenoxy) is 2. The van der Waals surface area contributed by atoms with Crippen LogP contribution in [-0.4, -0.2) is 8.07 Å². The lowest BCUT2D eigenvalue weighted by molar-refractivity contribution is 0.328. The Labute approximate surface area is 295 Å². The van der Waals surface area contributed by atoms with Crippen LogP contribution in [0.3, 0.4) is 0 Å². The summed E-state index contributed by atoms with van der Waals surface area (Å²) in [5.74, 6) is 3.86. The minimum atomic E-state index is -1.88. The molecule has 49 heavy (non-hydrogen) atoms. The van der Waals surface area contributed by atoms with Gasteiger partial charge in [0.25, 0.3) is 0 Å². The molecule has 0 radical (unpaired) electrons. The monoisotopic (exact) mass is 681 g/mol. The fraction of sp³-hybridized carbons (Fsp3) is 0.318. The van der Waals surface area contributed by atoms with Crippen LogP contribution in [0.15, 0.2) is 106 Å². The Bertz CT molecular complexity index is 2180. The molecule has 250 valence electrons. The number of para-hydroxylation sites is 2. The summed E-state index contributed by atoms with van der Waals surface area (Å²) in [6, 6.07) is 34.5. The highest BCUT2D eigenvalue weighted by Crippen LogP contribution is 2.70. The first-order valence-corrected chi connectivity index (χ1v) is 22.2. The molecule has 1 unspecified atom stereocenters. The van der Waals surface area contributed by atoms with Crippen LogP contribution in [0.1, 0.15) is 78.0 Å². The molecule has 0 spiro atoms. The van der Waals surface area contributed by atoms with Crippen molar-refractivity contribution in [1.29, 1.82) is 0 Å². The molecule has 0 saturated heterocycles. The molecule has 3 nitrogen and oxygen atoms in total. The van der Waals surface area contributed by atoms with E-state index in [4.69, 9.17) is 9.47 Å². The standard InChI is InChI=1S/C44H47NO2SSi/c1-42(2,3)27-22-35-41-36(23-27)47-34-25-29-30(44(6,7)21-20-43(29,4)5)26-38(34)48(41)37-19-18-28(24-33(37)46-35)45-31-14-10-12-16-39(31)49(8,9)40-17-13-11-15-32(40)45/h10-19,22-26,48H,20-21H2,1-9H3. The first kappa shape index (κ1) is 31.1. The van der Waals surface area contributed by atoms with Crippen LogP contribution in [0.25, 0.3) is 0 Å². The summed E-state index contributed by atoms with van der Waals surface area (Å²) >= 11 is 0. The molecule has 0 fully saturated rings. The minimum absolute atomic E-state index is 0.0524. The van der Waals surface area contributed by atoms with Crippen LogP contribution in [0.2, 0.25) is 13.1 Å². The Morgan fingerprint density at radius 1 is 0.633 bits per heavy atom. The number of rotatable bonds is 1. The average molecular weight is 682 g/mol. The van der Waals surface area contributed by atoms with Gasteiger partial charge in [-0.3, -0.25) is 0 Å². The highest BCUT2D eigenvalue weighted by molar-refractivity contribution is 8.17. The van der Waals surface area contributed by atoms with Gasteiger partial charge in [0.1, 0.15) is 31.1 Å². The highest BCUT2D eigenvalue weighted by Gasteiger charge is 2.43. The summed E-state index contributed by atoms with van der Waals surface area (Å²) in [5.41, 5.74) is 8.00. The predicted octanol–water partition coefficient (Wildman–Crippen LogP) is 11.6. The fourth-order valence-electron chi connectivity index (χ4n) is 8.69. The molecule has 0 aromatic heterocycles. The Balaban J connectivity index is 1.27. The van der Waals surface area contributed by atoms with Gasteiger partial charge in [0.05, 0.1) is 4.90 Å². The molecule has 5 heteroatoms. The number of anilines is 3. The van der Waals surface area contributed by atoms with Crippen LogP contribution in [0, 0.1) is 0 Å². The zero-order chi connectivity index (χ0) is 34.2. The Kier molecular flexibility index (Phi) is 6.39. The van der Waals surface area contributed by atoms with Crippen LogP contribution in [0.5, 0.6) is 23.0 Å². The van der Waals surface area contributed by atoms with E-state index in [-0.39, 0.29) is 16.2 Å². The van der Waals surface area contributed by atoms with Crippen molar-refractivity contribution in [2.24, 2.45) is 0 Å². The van der Waals surface area contributed by atoms with Gasteiger partial charge in [0.2, 0.25) is 0 Å². The van der Waals surface area contributed by atoms with E-state index in [0.29, 0.717) is 0 Å². The van der Waals surface area contributed by atoms with Gasteiger partial charge in [-0.1, -0.05) is 98.0 Å². The van der Waals surface area contributed by atoms with Gasteiger partial charge in [-0.15, -0.1) is 0 Å². The van der Waals surface area contributed by atoms with Crippen molar-refractivity contribution < 1.29 is 9.47 Å². The highest BCUT2D eigenvalue weighted by atomic mass is 32.2. The molecule has 4 aliphatic rings. The predicted molar refractivity (Wildman–Crippen MR) is 209 cm³/mol. The maximum atomic E-state index is 7.03. The van der Waals surface area contributed by atoms with E-state index in [9.17, 15) is 0 Å². The third-order valence-electron chi connectivity index (χ3n) is 11.8. The van der Waals surface area contributed by atoms with E-state index in [1.54, 1.807) is 0 Å². The lowest BCUT2D eigenvalue weighted by Crippen LogP contribution is -2.58. The van der Waals surface area contributed by atoms with Gasteiger partial charge in [0, 0.05) is 32.9 Å². The molecule has 0 bridgehead atoms. The molecular formula is C44H47NO2SSi. The van der Waals surface area contributed by atoms with Crippen LogP contribution in [-0.2, 0) is 16.2 Å². The minimum Gasteiger partial charge on any atom is -0.455 e. The maximum absolute atomic E-state index is 7.03.